The van der Waals surface area contributed by atoms with Gasteiger partial charge in [0.15, 0.2) is 0 Å². The fourth-order valence-corrected chi connectivity index (χ4v) is 2.14. The minimum atomic E-state index is 0.646. The summed E-state index contributed by atoms with van der Waals surface area (Å²) in [7, 11) is 3.69. The lowest BCUT2D eigenvalue weighted by Crippen LogP contribution is -2.22. The lowest BCUT2D eigenvalue weighted by molar-refractivity contribution is 0.415. The number of methoxy groups -OCH3 is 1. The van der Waals surface area contributed by atoms with Crippen molar-refractivity contribution in [3.63, 3.8) is 0 Å². The fraction of sp³-hybridized carbons (Fsp3) is 0.200. The number of hydrogen-bond donors (Lipinski definition) is 0. The second kappa shape index (κ2) is 5.21. The second-order valence-corrected chi connectivity index (χ2v) is 4.62. The highest BCUT2D eigenvalue weighted by molar-refractivity contribution is 5.73. The molecule has 0 fully saturated rings. The Hall–Kier alpha value is -2.56. The van der Waals surface area contributed by atoms with E-state index in [1.165, 1.54) is 0 Å². The van der Waals surface area contributed by atoms with Crippen LogP contribution in [0.3, 0.4) is 0 Å². The Balaban J connectivity index is 1.82. The third kappa shape index (κ3) is 2.30. The second-order valence-electron chi connectivity index (χ2n) is 4.62. The summed E-state index contributed by atoms with van der Waals surface area (Å²) in [4.78, 5) is 2.11. The number of hydrogen-bond acceptors (Lipinski definition) is 4. The zero-order valence-electron chi connectivity index (χ0n) is 11.5. The Labute approximate surface area is 117 Å². The van der Waals surface area contributed by atoms with Crippen LogP contribution in [-0.4, -0.2) is 29.2 Å². The zero-order valence-corrected chi connectivity index (χ0v) is 11.5. The summed E-state index contributed by atoms with van der Waals surface area (Å²) in [5.74, 6) is 0.855. The minimum absolute atomic E-state index is 0.646. The first-order valence-corrected chi connectivity index (χ1v) is 6.41. The highest BCUT2D eigenvalue weighted by atomic mass is 16.5. The van der Waals surface area contributed by atoms with Crippen molar-refractivity contribution >= 4 is 16.7 Å². The molecule has 0 aliphatic heterocycles. The molecule has 3 aromatic rings. The van der Waals surface area contributed by atoms with Gasteiger partial charge in [-0.25, -0.2) is 4.68 Å². The molecule has 0 N–H and O–H groups in total. The van der Waals surface area contributed by atoms with Gasteiger partial charge >= 0.3 is 0 Å². The van der Waals surface area contributed by atoms with Crippen LogP contribution in [0.2, 0.25) is 0 Å². The summed E-state index contributed by atoms with van der Waals surface area (Å²) in [6.07, 6.45) is 0. The standard InChI is InChI=1S/C15H16N4O/c1-18(12-7-9-13(20-2)10-8-12)11-19-15-6-4-3-5-14(15)16-17-19/h3-10H,11H2,1-2H3. The average molecular weight is 268 g/mol. The molecule has 0 atom stereocenters. The van der Waals surface area contributed by atoms with Crippen LogP contribution in [0.4, 0.5) is 5.69 Å². The van der Waals surface area contributed by atoms with E-state index >= 15 is 0 Å². The van der Waals surface area contributed by atoms with E-state index in [1.807, 2.05) is 60.3 Å². The van der Waals surface area contributed by atoms with Crippen molar-refractivity contribution in [2.24, 2.45) is 0 Å². The molecule has 2 aromatic carbocycles. The fourth-order valence-electron chi connectivity index (χ4n) is 2.14. The molecule has 5 heteroatoms. The predicted molar refractivity (Wildman–Crippen MR) is 78.9 cm³/mol. The van der Waals surface area contributed by atoms with Gasteiger partial charge in [-0.3, -0.25) is 0 Å². The molecule has 3 rings (SSSR count). The molecule has 20 heavy (non-hydrogen) atoms. The van der Waals surface area contributed by atoms with E-state index in [9.17, 15) is 0 Å². The predicted octanol–water partition coefficient (Wildman–Crippen LogP) is 2.53. The molecule has 1 aromatic heterocycles. The quantitative estimate of drug-likeness (QED) is 0.729. The first kappa shape index (κ1) is 12.5. The summed E-state index contributed by atoms with van der Waals surface area (Å²) in [6, 6.07) is 15.9. The maximum Gasteiger partial charge on any atom is 0.119 e. The van der Waals surface area contributed by atoms with Crippen LogP contribution in [0.25, 0.3) is 11.0 Å². The van der Waals surface area contributed by atoms with Crippen molar-refractivity contribution < 1.29 is 4.74 Å². The van der Waals surface area contributed by atoms with Crippen LogP contribution in [0.1, 0.15) is 0 Å². The van der Waals surface area contributed by atoms with E-state index in [-0.39, 0.29) is 0 Å². The van der Waals surface area contributed by atoms with Gasteiger partial charge in [0.1, 0.15) is 17.9 Å². The molecule has 0 aliphatic carbocycles. The van der Waals surface area contributed by atoms with E-state index in [0.717, 1.165) is 22.5 Å². The van der Waals surface area contributed by atoms with Gasteiger partial charge in [0.25, 0.3) is 0 Å². The van der Waals surface area contributed by atoms with Gasteiger partial charge < -0.3 is 9.64 Å². The number of benzene rings is 2. The maximum atomic E-state index is 5.17. The third-order valence-electron chi connectivity index (χ3n) is 3.28. The molecule has 0 unspecified atom stereocenters. The summed E-state index contributed by atoms with van der Waals surface area (Å²) < 4.78 is 7.05. The van der Waals surface area contributed by atoms with Crippen LogP contribution < -0.4 is 9.64 Å². The molecule has 0 spiro atoms. The molecule has 0 aliphatic rings. The highest BCUT2D eigenvalue weighted by Gasteiger charge is 2.07. The van der Waals surface area contributed by atoms with E-state index in [1.54, 1.807) is 7.11 Å². The van der Waals surface area contributed by atoms with E-state index < -0.39 is 0 Å². The molecular weight excluding hydrogens is 252 g/mol. The first-order chi connectivity index (χ1) is 9.78. The zero-order chi connectivity index (χ0) is 13.9. The van der Waals surface area contributed by atoms with Gasteiger partial charge in [0, 0.05) is 12.7 Å². The molecule has 0 saturated heterocycles. The third-order valence-corrected chi connectivity index (χ3v) is 3.28. The van der Waals surface area contributed by atoms with Gasteiger partial charge in [0.2, 0.25) is 0 Å². The summed E-state index contributed by atoms with van der Waals surface area (Å²) in [5.41, 5.74) is 3.05. The van der Waals surface area contributed by atoms with Crippen LogP contribution in [0, 0.1) is 0 Å². The maximum absolute atomic E-state index is 5.17. The van der Waals surface area contributed by atoms with Crippen LogP contribution in [0.5, 0.6) is 5.75 Å². The number of fused-ring (bicyclic) bond motifs is 1. The first-order valence-electron chi connectivity index (χ1n) is 6.41. The number of para-hydroxylation sites is 1. The smallest absolute Gasteiger partial charge is 0.119 e. The minimum Gasteiger partial charge on any atom is -0.497 e. The van der Waals surface area contributed by atoms with Crippen LogP contribution >= 0.6 is 0 Å². The van der Waals surface area contributed by atoms with Crippen molar-refractivity contribution in [3.8, 4) is 5.75 Å². The summed E-state index contributed by atoms with van der Waals surface area (Å²) in [6.45, 7) is 0.646. The molecule has 0 radical (unpaired) electrons. The normalized spacial score (nSPS) is 10.7. The van der Waals surface area contributed by atoms with E-state index in [2.05, 4.69) is 15.2 Å². The van der Waals surface area contributed by atoms with Crippen molar-refractivity contribution in [2.45, 2.75) is 6.67 Å². The van der Waals surface area contributed by atoms with Crippen molar-refractivity contribution in [1.29, 1.82) is 0 Å². The lowest BCUT2D eigenvalue weighted by atomic mass is 10.3. The lowest BCUT2D eigenvalue weighted by Gasteiger charge is -2.19. The largest absolute Gasteiger partial charge is 0.497 e. The molecular formula is C15H16N4O. The Morgan fingerprint density at radius 3 is 2.60 bits per heavy atom. The monoisotopic (exact) mass is 268 g/mol. The molecule has 102 valence electrons. The van der Waals surface area contributed by atoms with Crippen LogP contribution in [-0.2, 0) is 6.67 Å². The number of nitrogens with zero attached hydrogens (tertiary/aromatic N) is 4. The molecule has 0 saturated carbocycles. The van der Waals surface area contributed by atoms with Gasteiger partial charge in [-0.15, -0.1) is 5.10 Å². The van der Waals surface area contributed by atoms with Gasteiger partial charge in [-0.1, -0.05) is 17.3 Å². The van der Waals surface area contributed by atoms with Gasteiger partial charge in [-0.05, 0) is 36.4 Å². The topological polar surface area (TPSA) is 43.2 Å². The number of anilines is 1. The molecule has 5 nitrogen and oxygen atoms in total. The molecule has 0 amide bonds. The Morgan fingerprint density at radius 2 is 1.85 bits per heavy atom. The highest BCUT2D eigenvalue weighted by Crippen LogP contribution is 2.19. The molecule has 0 bridgehead atoms. The average Bonchev–Trinajstić information content (AvgIpc) is 2.91. The van der Waals surface area contributed by atoms with E-state index in [4.69, 9.17) is 4.74 Å². The molecule has 1 heterocycles. The Morgan fingerprint density at radius 1 is 1.10 bits per heavy atom. The van der Waals surface area contributed by atoms with Crippen LogP contribution in [0.15, 0.2) is 48.5 Å². The SMILES string of the molecule is COc1ccc(N(C)Cn2nnc3ccccc32)cc1. The van der Waals surface area contributed by atoms with Crippen molar-refractivity contribution in [2.75, 3.05) is 19.1 Å². The summed E-state index contributed by atoms with van der Waals surface area (Å²) in [5, 5.41) is 8.35. The van der Waals surface area contributed by atoms with Gasteiger partial charge in [0.05, 0.1) is 12.6 Å². The number of aromatic nitrogens is 3. The Bertz CT molecular complexity index is 705. The summed E-state index contributed by atoms with van der Waals surface area (Å²) >= 11 is 0. The number of rotatable bonds is 4. The van der Waals surface area contributed by atoms with E-state index in [0.29, 0.717) is 6.67 Å². The Kier molecular flexibility index (Phi) is 3.25. The van der Waals surface area contributed by atoms with Gasteiger partial charge in [-0.2, -0.15) is 0 Å². The van der Waals surface area contributed by atoms with Crippen molar-refractivity contribution in [3.05, 3.63) is 48.5 Å². The number of ether oxygens (including phenoxy) is 1. The van der Waals surface area contributed by atoms with Crippen molar-refractivity contribution in [1.82, 2.24) is 15.0 Å².